The Morgan fingerprint density at radius 1 is 0.933 bits per heavy atom. The third kappa shape index (κ3) is 4.31. The van der Waals surface area contributed by atoms with Crippen molar-refractivity contribution in [2.24, 2.45) is 0 Å². The number of methoxy groups -OCH3 is 1. The monoisotopic (exact) mass is 425 g/mol. The van der Waals surface area contributed by atoms with Gasteiger partial charge in [0, 0.05) is 0 Å². The molecule has 0 saturated heterocycles. The second-order valence-corrected chi connectivity index (χ2v) is 8.30. The molecule has 0 bridgehead atoms. The van der Waals surface area contributed by atoms with Gasteiger partial charge in [-0.1, -0.05) is 29.8 Å². The fraction of sp³-hybridized carbons (Fsp3) is 0.174. The summed E-state index contributed by atoms with van der Waals surface area (Å²) in [5.74, 6) is 0.161. The Balaban J connectivity index is 2.15. The van der Waals surface area contributed by atoms with E-state index in [1.54, 1.807) is 54.6 Å². The third-order valence-corrected chi connectivity index (χ3v) is 6.19. The second kappa shape index (κ2) is 9.00. The van der Waals surface area contributed by atoms with E-state index >= 15 is 0 Å². The van der Waals surface area contributed by atoms with Gasteiger partial charge in [0.1, 0.15) is 11.5 Å². The molecule has 0 aromatic heterocycles. The molecule has 0 aliphatic carbocycles. The lowest BCUT2D eigenvalue weighted by Gasteiger charge is -2.24. The van der Waals surface area contributed by atoms with Crippen LogP contribution in [0.15, 0.2) is 77.7 Å². The van der Waals surface area contributed by atoms with Crippen molar-refractivity contribution in [3.8, 4) is 11.5 Å². The van der Waals surface area contributed by atoms with E-state index < -0.39 is 15.9 Å². The van der Waals surface area contributed by atoms with Crippen molar-refractivity contribution in [1.29, 1.82) is 0 Å². The minimum absolute atomic E-state index is 0.0187. The zero-order valence-electron chi connectivity index (χ0n) is 17.0. The molecule has 0 radical (unpaired) electrons. The molecule has 0 unspecified atom stereocenters. The van der Waals surface area contributed by atoms with Crippen LogP contribution in [0.3, 0.4) is 0 Å². The molecule has 0 aliphatic rings. The standard InChI is InChI=1S/C23H23NO5S/c1-4-29-19-13-11-18(12-14-19)24(23(25)21-7-5-6-8-22(21)28-3)30(26,27)20-15-9-17(2)10-16-20/h5-16H,4H2,1-3H3. The van der Waals surface area contributed by atoms with Gasteiger partial charge in [0.2, 0.25) is 0 Å². The van der Waals surface area contributed by atoms with Crippen molar-refractivity contribution in [3.05, 3.63) is 83.9 Å². The Hall–Kier alpha value is -3.32. The number of hydrogen-bond donors (Lipinski definition) is 0. The quantitative estimate of drug-likeness (QED) is 0.560. The summed E-state index contributed by atoms with van der Waals surface area (Å²) in [5.41, 5.74) is 1.26. The summed E-state index contributed by atoms with van der Waals surface area (Å²) in [5, 5.41) is 0. The van der Waals surface area contributed by atoms with Gasteiger partial charge in [-0.05, 0) is 62.4 Å². The van der Waals surface area contributed by atoms with Crippen LogP contribution in [0, 0.1) is 6.92 Å². The Labute approximate surface area is 176 Å². The van der Waals surface area contributed by atoms with Crippen molar-refractivity contribution in [3.63, 3.8) is 0 Å². The largest absolute Gasteiger partial charge is 0.496 e. The van der Waals surface area contributed by atoms with Crippen molar-refractivity contribution >= 4 is 21.6 Å². The number of anilines is 1. The molecule has 3 rings (SSSR count). The van der Waals surface area contributed by atoms with Gasteiger partial charge in [0.15, 0.2) is 0 Å². The van der Waals surface area contributed by atoms with Crippen LogP contribution < -0.4 is 13.8 Å². The van der Waals surface area contributed by atoms with Gasteiger partial charge in [-0.25, -0.2) is 8.42 Å². The molecule has 0 fully saturated rings. The lowest BCUT2D eigenvalue weighted by atomic mass is 10.2. The fourth-order valence-electron chi connectivity index (χ4n) is 2.96. The summed E-state index contributed by atoms with van der Waals surface area (Å²) >= 11 is 0. The molecule has 0 aliphatic heterocycles. The first-order valence-corrected chi connectivity index (χ1v) is 10.8. The van der Waals surface area contributed by atoms with Crippen molar-refractivity contribution in [1.82, 2.24) is 0 Å². The summed E-state index contributed by atoms with van der Waals surface area (Å²) in [6, 6.07) is 19.2. The minimum Gasteiger partial charge on any atom is -0.496 e. The molecule has 6 nitrogen and oxygen atoms in total. The molecule has 1 amide bonds. The SMILES string of the molecule is CCOc1ccc(N(C(=O)c2ccccc2OC)S(=O)(=O)c2ccc(C)cc2)cc1. The maximum absolute atomic E-state index is 13.5. The van der Waals surface area contributed by atoms with E-state index in [1.807, 2.05) is 13.8 Å². The highest BCUT2D eigenvalue weighted by Gasteiger charge is 2.33. The number of para-hydroxylation sites is 1. The van der Waals surface area contributed by atoms with E-state index in [4.69, 9.17) is 9.47 Å². The molecule has 0 heterocycles. The number of hydrogen-bond acceptors (Lipinski definition) is 5. The molecule has 30 heavy (non-hydrogen) atoms. The van der Waals surface area contributed by atoms with Gasteiger partial charge in [-0.2, -0.15) is 4.31 Å². The van der Waals surface area contributed by atoms with Gasteiger partial charge in [0.25, 0.3) is 15.9 Å². The Morgan fingerprint density at radius 2 is 1.57 bits per heavy atom. The van der Waals surface area contributed by atoms with Crippen molar-refractivity contribution < 1.29 is 22.7 Å². The summed E-state index contributed by atoms with van der Waals surface area (Å²) < 4.78 is 38.5. The van der Waals surface area contributed by atoms with E-state index in [0.717, 1.165) is 9.87 Å². The number of rotatable bonds is 7. The molecule has 3 aromatic carbocycles. The van der Waals surface area contributed by atoms with Crippen LogP contribution in [0.2, 0.25) is 0 Å². The number of amides is 1. The Kier molecular flexibility index (Phi) is 6.42. The van der Waals surface area contributed by atoms with Gasteiger partial charge in [0.05, 0.1) is 29.9 Å². The van der Waals surface area contributed by atoms with Crippen LogP contribution in [0.5, 0.6) is 11.5 Å². The van der Waals surface area contributed by atoms with Crippen molar-refractivity contribution in [2.45, 2.75) is 18.7 Å². The first-order chi connectivity index (χ1) is 14.4. The lowest BCUT2D eigenvalue weighted by molar-refractivity contribution is 0.100. The molecule has 3 aromatic rings. The number of nitrogens with zero attached hydrogens (tertiary/aromatic N) is 1. The normalized spacial score (nSPS) is 11.0. The maximum atomic E-state index is 13.5. The number of aryl methyl sites for hydroxylation is 1. The zero-order valence-corrected chi connectivity index (χ0v) is 17.8. The predicted molar refractivity (Wildman–Crippen MR) is 116 cm³/mol. The van der Waals surface area contributed by atoms with E-state index in [0.29, 0.717) is 12.4 Å². The third-order valence-electron chi connectivity index (χ3n) is 4.46. The van der Waals surface area contributed by atoms with E-state index in [2.05, 4.69) is 0 Å². The highest BCUT2D eigenvalue weighted by Crippen LogP contribution is 2.30. The molecule has 156 valence electrons. The van der Waals surface area contributed by atoms with Crippen LogP contribution in [-0.4, -0.2) is 28.0 Å². The smallest absolute Gasteiger partial charge is 0.276 e. The van der Waals surface area contributed by atoms with Crippen LogP contribution in [0.4, 0.5) is 5.69 Å². The Morgan fingerprint density at radius 3 is 2.17 bits per heavy atom. The molecular weight excluding hydrogens is 402 g/mol. The number of benzene rings is 3. The van der Waals surface area contributed by atoms with Crippen LogP contribution in [0.1, 0.15) is 22.8 Å². The fourth-order valence-corrected chi connectivity index (χ4v) is 4.36. The predicted octanol–water partition coefficient (Wildman–Crippen LogP) is 4.44. The summed E-state index contributed by atoms with van der Waals surface area (Å²) in [6.45, 7) is 4.19. The lowest BCUT2D eigenvalue weighted by Crippen LogP contribution is -2.37. The minimum atomic E-state index is -4.18. The number of sulfonamides is 1. The second-order valence-electron chi connectivity index (χ2n) is 6.51. The Bertz CT molecular complexity index is 1120. The summed E-state index contributed by atoms with van der Waals surface area (Å²) in [6.07, 6.45) is 0. The molecule has 7 heteroatoms. The molecule has 0 N–H and O–H groups in total. The number of carbonyl (C=O) groups is 1. The molecule has 0 spiro atoms. The van der Waals surface area contributed by atoms with E-state index in [9.17, 15) is 13.2 Å². The van der Waals surface area contributed by atoms with Gasteiger partial charge < -0.3 is 9.47 Å². The summed E-state index contributed by atoms with van der Waals surface area (Å²) in [4.78, 5) is 13.5. The topological polar surface area (TPSA) is 72.9 Å². The van der Waals surface area contributed by atoms with Crippen LogP contribution >= 0.6 is 0 Å². The highest BCUT2D eigenvalue weighted by atomic mass is 32.2. The maximum Gasteiger partial charge on any atom is 0.276 e. The van der Waals surface area contributed by atoms with E-state index in [-0.39, 0.29) is 21.9 Å². The molecule has 0 saturated carbocycles. The molecule has 0 atom stereocenters. The van der Waals surface area contributed by atoms with Gasteiger partial charge in [-0.15, -0.1) is 0 Å². The van der Waals surface area contributed by atoms with Crippen LogP contribution in [0.25, 0.3) is 0 Å². The average Bonchev–Trinajstić information content (AvgIpc) is 2.75. The highest BCUT2D eigenvalue weighted by molar-refractivity contribution is 7.93. The van der Waals surface area contributed by atoms with E-state index in [1.165, 1.54) is 25.3 Å². The summed E-state index contributed by atoms with van der Waals surface area (Å²) in [7, 11) is -2.75. The first-order valence-electron chi connectivity index (χ1n) is 9.40. The van der Waals surface area contributed by atoms with Gasteiger partial charge >= 0.3 is 0 Å². The van der Waals surface area contributed by atoms with Gasteiger partial charge in [-0.3, -0.25) is 4.79 Å². The van der Waals surface area contributed by atoms with Crippen molar-refractivity contribution in [2.75, 3.05) is 18.0 Å². The average molecular weight is 426 g/mol. The molecular formula is C23H23NO5S. The number of ether oxygens (including phenoxy) is 2. The van der Waals surface area contributed by atoms with Crippen LogP contribution in [-0.2, 0) is 10.0 Å². The number of carbonyl (C=O) groups excluding carboxylic acids is 1. The first kappa shape index (κ1) is 21.4. The zero-order chi connectivity index (χ0) is 21.7.